The van der Waals surface area contributed by atoms with Crippen molar-refractivity contribution in [3.63, 3.8) is 0 Å². The lowest BCUT2D eigenvalue weighted by molar-refractivity contribution is 0.102. The number of carbonyl (C=O) groups is 1. The van der Waals surface area contributed by atoms with Crippen LogP contribution in [-0.4, -0.2) is 41.2 Å². The number of aryl methyl sites for hydroxylation is 2. The zero-order valence-electron chi connectivity index (χ0n) is 19.0. The Labute approximate surface area is 190 Å². The monoisotopic (exact) mass is 450 g/mol. The molecule has 0 aliphatic carbocycles. The maximum Gasteiger partial charge on any atom is 0.419 e. The molecule has 4 rings (SSSR count). The van der Waals surface area contributed by atoms with Gasteiger partial charge in [0.1, 0.15) is 18.1 Å². The molecule has 0 unspecified atom stereocenters. The topological polar surface area (TPSA) is 103 Å². The quantitative estimate of drug-likeness (QED) is 0.438. The van der Waals surface area contributed by atoms with Gasteiger partial charge in [-0.3, -0.25) is 9.36 Å². The van der Waals surface area contributed by atoms with Crippen LogP contribution in [0.5, 0.6) is 5.75 Å². The number of nitrogens with zero attached hydrogens (tertiary/aromatic N) is 3. The van der Waals surface area contributed by atoms with E-state index in [0.717, 1.165) is 11.3 Å². The second-order valence-corrected chi connectivity index (χ2v) is 8.08. The maximum absolute atomic E-state index is 12.9. The van der Waals surface area contributed by atoms with Gasteiger partial charge in [-0.15, -0.1) is 0 Å². The highest BCUT2D eigenvalue weighted by molar-refractivity contribution is 6.05. The Bertz CT molecular complexity index is 1330. The minimum Gasteiger partial charge on any atom is -0.489 e. The van der Waals surface area contributed by atoms with E-state index < -0.39 is 5.76 Å². The lowest BCUT2D eigenvalue weighted by Gasteiger charge is -2.10. The van der Waals surface area contributed by atoms with Crippen LogP contribution in [0.4, 0.5) is 5.69 Å². The fourth-order valence-corrected chi connectivity index (χ4v) is 3.45. The number of likely N-dealkylation sites (N-methyl/N-ethyl adjacent to an activating group) is 1. The number of amides is 1. The van der Waals surface area contributed by atoms with Gasteiger partial charge in [0.15, 0.2) is 5.58 Å². The first kappa shape index (κ1) is 22.3. The van der Waals surface area contributed by atoms with E-state index in [-0.39, 0.29) is 5.91 Å². The van der Waals surface area contributed by atoms with Gasteiger partial charge in [-0.05, 0) is 64.3 Å². The Balaban J connectivity index is 1.49. The first-order chi connectivity index (χ1) is 15.8. The molecule has 0 saturated carbocycles. The van der Waals surface area contributed by atoms with Crippen molar-refractivity contribution in [2.75, 3.05) is 26.0 Å². The first-order valence-electron chi connectivity index (χ1n) is 10.6. The third-order valence-electron chi connectivity index (χ3n) is 5.36. The summed E-state index contributed by atoms with van der Waals surface area (Å²) in [6.45, 7) is 5.16. The van der Waals surface area contributed by atoms with Gasteiger partial charge in [-0.1, -0.05) is 11.2 Å². The van der Waals surface area contributed by atoms with Crippen LogP contribution in [0.15, 0.2) is 56.2 Å². The molecule has 0 saturated heterocycles. The highest BCUT2D eigenvalue weighted by Gasteiger charge is 2.14. The largest absolute Gasteiger partial charge is 0.489 e. The minimum absolute atomic E-state index is 0.289. The first-order valence-corrected chi connectivity index (χ1v) is 10.6. The second-order valence-electron chi connectivity index (χ2n) is 8.08. The number of rotatable bonds is 8. The molecule has 2 aromatic heterocycles. The molecule has 9 nitrogen and oxygen atoms in total. The molecule has 1 amide bonds. The summed E-state index contributed by atoms with van der Waals surface area (Å²) in [5.74, 6) is 0.562. The summed E-state index contributed by atoms with van der Waals surface area (Å²) in [6, 6.07) is 12.1. The van der Waals surface area contributed by atoms with E-state index in [2.05, 4.69) is 10.5 Å². The standard InChI is InChI=1S/C24H26N4O5/c1-15-20(16(2)33-26-15)14-31-19-7-5-6-17(12-19)23(29)25-18-8-9-22-21(13-18)28(24(30)32-22)11-10-27(3)4/h5-9,12-13H,10-11,14H2,1-4H3,(H,25,29). The van der Waals surface area contributed by atoms with Crippen LogP contribution in [0.25, 0.3) is 11.1 Å². The van der Waals surface area contributed by atoms with Crippen LogP contribution in [0.2, 0.25) is 0 Å². The SMILES string of the molecule is Cc1noc(C)c1COc1cccc(C(=O)Nc2ccc3oc(=O)n(CCN(C)C)c3c2)c1. The van der Waals surface area contributed by atoms with E-state index >= 15 is 0 Å². The maximum atomic E-state index is 12.9. The van der Waals surface area contributed by atoms with Crippen molar-refractivity contribution in [1.82, 2.24) is 14.6 Å². The molecule has 0 radical (unpaired) electrons. The number of aromatic nitrogens is 2. The van der Waals surface area contributed by atoms with E-state index in [1.165, 1.54) is 0 Å². The van der Waals surface area contributed by atoms with Gasteiger partial charge in [0.05, 0.1) is 16.8 Å². The van der Waals surface area contributed by atoms with Crippen LogP contribution in [0.1, 0.15) is 27.4 Å². The molecule has 33 heavy (non-hydrogen) atoms. The number of hydrogen-bond acceptors (Lipinski definition) is 7. The predicted molar refractivity (Wildman–Crippen MR) is 124 cm³/mol. The van der Waals surface area contributed by atoms with Gasteiger partial charge in [0.2, 0.25) is 0 Å². The fraction of sp³-hybridized carbons (Fsp3) is 0.292. The van der Waals surface area contributed by atoms with E-state index in [0.29, 0.717) is 53.6 Å². The molecule has 0 bridgehead atoms. The van der Waals surface area contributed by atoms with Crippen LogP contribution in [0.3, 0.4) is 0 Å². The van der Waals surface area contributed by atoms with E-state index in [1.54, 1.807) is 47.0 Å². The summed E-state index contributed by atoms with van der Waals surface area (Å²) in [5, 5.41) is 6.80. The number of anilines is 1. The normalized spacial score (nSPS) is 11.3. The van der Waals surface area contributed by atoms with Gasteiger partial charge in [0, 0.05) is 24.3 Å². The summed E-state index contributed by atoms with van der Waals surface area (Å²) >= 11 is 0. The molecule has 1 N–H and O–H groups in total. The zero-order chi connectivity index (χ0) is 23.5. The highest BCUT2D eigenvalue weighted by atomic mass is 16.5. The van der Waals surface area contributed by atoms with Gasteiger partial charge < -0.3 is 23.9 Å². The number of carbonyl (C=O) groups excluding carboxylic acids is 1. The zero-order valence-corrected chi connectivity index (χ0v) is 19.0. The number of hydrogen-bond donors (Lipinski definition) is 1. The number of benzene rings is 2. The Morgan fingerprint density at radius 2 is 2.00 bits per heavy atom. The van der Waals surface area contributed by atoms with Crippen LogP contribution in [0, 0.1) is 13.8 Å². The Morgan fingerprint density at radius 1 is 1.18 bits per heavy atom. The third kappa shape index (κ3) is 4.98. The van der Waals surface area contributed by atoms with Crippen molar-refractivity contribution in [1.29, 1.82) is 0 Å². The Morgan fingerprint density at radius 3 is 2.73 bits per heavy atom. The predicted octanol–water partition coefficient (Wildman–Crippen LogP) is 3.59. The molecule has 2 heterocycles. The molecule has 0 aliphatic rings. The molecule has 0 atom stereocenters. The summed E-state index contributed by atoms with van der Waals surface area (Å²) < 4.78 is 17.9. The molecule has 0 aliphatic heterocycles. The minimum atomic E-state index is -0.418. The Hall–Kier alpha value is -3.85. The average molecular weight is 450 g/mol. The van der Waals surface area contributed by atoms with Gasteiger partial charge in [-0.25, -0.2) is 4.79 Å². The molecule has 0 spiro atoms. The lowest BCUT2D eigenvalue weighted by atomic mass is 10.2. The van der Waals surface area contributed by atoms with Crippen LogP contribution >= 0.6 is 0 Å². The Kier molecular flexibility index (Phi) is 6.32. The van der Waals surface area contributed by atoms with Crippen LogP contribution < -0.4 is 15.8 Å². The molecule has 172 valence electrons. The van der Waals surface area contributed by atoms with Crippen molar-refractivity contribution >= 4 is 22.7 Å². The lowest BCUT2D eigenvalue weighted by Crippen LogP contribution is -2.23. The number of nitrogens with one attached hydrogen (secondary N) is 1. The van der Waals surface area contributed by atoms with E-state index in [4.69, 9.17) is 13.7 Å². The van der Waals surface area contributed by atoms with E-state index in [9.17, 15) is 9.59 Å². The van der Waals surface area contributed by atoms with Gasteiger partial charge >= 0.3 is 5.76 Å². The highest BCUT2D eigenvalue weighted by Crippen LogP contribution is 2.21. The number of ether oxygens (including phenoxy) is 1. The summed E-state index contributed by atoms with van der Waals surface area (Å²) in [4.78, 5) is 27.0. The van der Waals surface area contributed by atoms with Gasteiger partial charge in [-0.2, -0.15) is 0 Å². The summed E-state index contributed by atoms with van der Waals surface area (Å²) in [6.07, 6.45) is 0. The third-order valence-corrected chi connectivity index (χ3v) is 5.36. The average Bonchev–Trinajstić information content (AvgIpc) is 3.28. The van der Waals surface area contributed by atoms with Gasteiger partial charge in [0.25, 0.3) is 5.91 Å². The molecule has 2 aromatic carbocycles. The molecule has 0 fully saturated rings. The summed E-state index contributed by atoms with van der Waals surface area (Å²) in [7, 11) is 3.87. The van der Waals surface area contributed by atoms with Crippen molar-refractivity contribution in [2.24, 2.45) is 0 Å². The molecular weight excluding hydrogens is 424 g/mol. The number of oxazole rings is 1. The smallest absolute Gasteiger partial charge is 0.419 e. The van der Waals surface area contributed by atoms with Crippen LogP contribution in [-0.2, 0) is 13.2 Å². The van der Waals surface area contributed by atoms with Crippen molar-refractivity contribution in [3.05, 3.63) is 75.6 Å². The molecular formula is C24H26N4O5. The molecule has 9 heteroatoms. The number of fused-ring (bicyclic) bond motifs is 1. The van der Waals surface area contributed by atoms with Crippen molar-refractivity contribution in [3.8, 4) is 5.75 Å². The van der Waals surface area contributed by atoms with Crippen molar-refractivity contribution in [2.45, 2.75) is 27.0 Å². The second kappa shape index (κ2) is 9.33. The fourth-order valence-electron chi connectivity index (χ4n) is 3.45. The van der Waals surface area contributed by atoms with E-state index in [1.807, 2.05) is 32.8 Å². The molecule has 4 aromatic rings. The summed E-state index contributed by atoms with van der Waals surface area (Å²) in [5.41, 5.74) is 3.79. The van der Waals surface area contributed by atoms with Crippen molar-refractivity contribution < 1.29 is 18.5 Å².